The molecule has 5 nitrogen and oxygen atoms in total. The zero-order valence-corrected chi connectivity index (χ0v) is 8.16. The number of hydrogen-bond acceptors (Lipinski definition) is 3. The Morgan fingerprint density at radius 1 is 1.53 bits per heavy atom. The summed E-state index contributed by atoms with van der Waals surface area (Å²) in [4.78, 5) is 4.05. The third-order valence-electron chi connectivity index (χ3n) is 2.44. The molecule has 0 bridgehead atoms. The molecule has 1 aliphatic heterocycles. The Bertz CT molecular complexity index is 268. The molecule has 0 aromatic rings. The van der Waals surface area contributed by atoms with Gasteiger partial charge >= 0.3 is 6.18 Å². The molecular weight excluding hydrogens is 213 g/mol. The van der Waals surface area contributed by atoms with Crippen LogP contribution in [0, 0.1) is 0 Å². The first kappa shape index (κ1) is 12.1. The van der Waals surface area contributed by atoms with Crippen LogP contribution >= 0.6 is 0 Å². The van der Waals surface area contributed by atoms with Crippen molar-refractivity contribution >= 4 is 0 Å². The largest absolute Gasteiger partial charge is 0.419 e. The van der Waals surface area contributed by atoms with E-state index in [-0.39, 0.29) is 19.6 Å². The molecular formula is C7H11F3N4O. The van der Waals surface area contributed by atoms with Crippen LogP contribution < -0.4 is 0 Å². The lowest BCUT2D eigenvalue weighted by Crippen LogP contribution is -2.70. The van der Waals surface area contributed by atoms with Gasteiger partial charge in [-0.3, -0.25) is 4.90 Å². The van der Waals surface area contributed by atoms with Crippen molar-refractivity contribution in [2.24, 2.45) is 5.11 Å². The van der Waals surface area contributed by atoms with Crippen molar-refractivity contribution < 1.29 is 17.9 Å². The second-order valence-corrected chi connectivity index (χ2v) is 3.36. The van der Waals surface area contributed by atoms with E-state index in [4.69, 9.17) is 5.53 Å². The number of nitrogens with zero attached hydrogens (tertiary/aromatic N) is 4. The standard InChI is InChI=1S/C7H11F3N4O/c1-15-6(7(8,9)10)4-14(5-6)3-2-12-13-11/h2-5H2,1H3. The first-order valence-electron chi connectivity index (χ1n) is 4.30. The summed E-state index contributed by atoms with van der Waals surface area (Å²) in [7, 11) is 1.05. The van der Waals surface area contributed by atoms with Crippen molar-refractivity contribution in [3.05, 3.63) is 10.4 Å². The molecule has 1 saturated heterocycles. The number of ether oxygens (including phenoxy) is 1. The van der Waals surface area contributed by atoms with Gasteiger partial charge in [0.1, 0.15) is 0 Å². The monoisotopic (exact) mass is 224 g/mol. The second-order valence-electron chi connectivity index (χ2n) is 3.36. The number of methoxy groups -OCH3 is 1. The van der Waals surface area contributed by atoms with E-state index < -0.39 is 11.8 Å². The summed E-state index contributed by atoms with van der Waals surface area (Å²) in [6, 6.07) is 0. The van der Waals surface area contributed by atoms with Crippen LogP contribution in [0.4, 0.5) is 13.2 Å². The molecule has 0 amide bonds. The van der Waals surface area contributed by atoms with Gasteiger partial charge in [0.15, 0.2) is 5.60 Å². The maximum atomic E-state index is 12.5. The van der Waals surface area contributed by atoms with Crippen molar-refractivity contribution in [1.29, 1.82) is 0 Å². The van der Waals surface area contributed by atoms with E-state index in [0.717, 1.165) is 7.11 Å². The van der Waals surface area contributed by atoms with Crippen LogP contribution in [0.25, 0.3) is 10.4 Å². The molecule has 0 N–H and O–H groups in total. The lowest BCUT2D eigenvalue weighted by molar-refractivity contribution is -0.310. The zero-order valence-electron chi connectivity index (χ0n) is 8.16. The molecule has 1 rings (SSSR count). The second kappa shape index (κ2) is 4.26. The van der Waals surface area contributed by atoms with Crippen LogP contribution in [0.3, 0.4) is 0 Å². The Kier molecular flexibility index (Phi) is 3.43. The Morgan fingerprint density at radius 3 is 2.53 bits per heavy atom. The molecule has 0 aliphatic carbocycles. The fraction of sp³-hybridized carbons (Fsp3) is 1.00. The molecule has 0 spiro atoms. The Morgan fingerprint density at radius 2 is 2.13 bits per heavy atom. The molecule has 86 valence electrons. The molecule has 0 atom stereocenters. The van der Waals surface area contributed by atoms with Gasteiger partial charge in [-0.25, -0.2) is 0 Å². The molecule has 1 heterocycles. The van der Waals surface area contributed by atoms with Crippen LogP contribution in [0.5, 0.6) is 0 Å². The summed E-state index contributed by atoms with van der Waals surface area (Å²) < 4.78 is 42.0. The summed E-state index contributed by atoms with van der Waals surface area (Å²) in [6.45, 7) is 0.0985. The molecule has 8 heteroatoms. The molecule has 0 aromatic carbocycles. The summed E-state index contributed by atoms with van der Waals surface area (Å²) in [6.07, 6.45) is -4.35. The normalized spacial score (nSPS) is 20.5. The van der Waals surface area contributed by atoms with E-state index in [2.05, 4.69) is 14.8 Å². The van der Waals surface area contributed by atoms with E-state index >= 15 is 0 Å². The first-order chi connectivity index (χ1) is 6.95. The number of likely N-dealkylation sites (tertiary alicyclic amines) is 1. The van der Waals surface area contributed by atoms with Gasteiger partial charge in [-0.05, 0) is 5.53 Å². The minimum absolute atomic E-state index is 0.175. The van der Waals surface area contributed by atoms with E-state index in [1.54, 1.807) is 0 Å². The van der Waals surface area contributed by atoms with Gasteiger partial charge < -0.3 is 4.74 Å². The SMILES string of the molecule is COC1(C(F)(F)F)CN(CCN=[N+]=[N-])C1. The molecule has 1 aliphatic rings. The molecule has 0 unspecified atom stereocenters. The van der Waals surface area contributed by atoms with E-state index in [1.165, 1.54) is 4.90 Å². The highest BCUT2D eigenvalue weighted by Gasteiger charge is 2.62. The number of halogens is 3. The highest BCUT2D eigenvalue weighted by atomic mass is 19.4. The number of rotatable bonds is 4. The minimum atomic E-state index is -4.35. The molecule has 0 aromatic heterocycles. The Labute approximate surface area is 84.4 Å². The van der Waals surface area contributed by atoms with Crippen LogP contribution in [-0.2, 0) is 4.74 Å². The van der Waals surface area contributed by atoms with Crippen molar-refractivity contribution in [2.45, 2.75) is 11.8 Å². The third-order valence-corrected chi connectivity index (χ3v) is 2.44. The van der Waals surface area contributed by atoms with Crippen LogP contribution in [0.1, 0.15) is 0 Å². The van der Waals surface area contributed by atoms with Gasteiger partial charge in [0, 0.05) is 38.2 Å². The zero-order chi connectivity index (χ0) is 11.5. The maximum absolute atomic E-state index is 12.5. The van der Waals surface area contributed by atoms with Gasteiger partial charge in [0.25, 0.3) is 0 Å². The predicted octanol–water partition coefficient (Wildman–Crippen LogP) is 1.56. The van der Waals surface area contributed by atoms with Crippen LogP contribution in [-0.4, -0.2) is 50.0 Å². The fourth-order valence-electron chi connectivity index (χ4n) is 1.49. The van der Waals surface area contributed by atoms with Crippen molar-refractivity contribution in [2.75, 3.05) is 33.3 Å². The summed E-state index contributed by atoms with van der Waals surface area (Å²) in [5.41, 5.74) is 5.94. The van der Waals surface area contributed by atoms with E-state index in [1.807, 2.05) is 0 Å². The lowest BCUT2D eigenvalue weighted by atomic mass is 9.93. The third kappa shape index (κ3) is 2.34. The maximum Gasteiger partial charge on any atom is 0.419 e. The lowest BCUT2D eigenvalue weighted by Gasteiger charge is -2.49. The van der Waals surface area contributed by atoms with Crippen molar-refractivity contribution in [3.63, 3.8) is 0 Å². The predicted molar refractivity (Wildman–Crippen MR) is 46.2 cm³/mol. The summed E-state index contributed by atoms with van der Waals surface area (Å²) >= 11 is 0. The number of alkyl halides is 3. The van der Waals surface area contributed by atoms with E-state index in [9.17, 15) is 13.2 Å². The molecule has 0 saturated carbocycles. The van der Waals surface area contributed by atoms with Gasteiger partial charge in [-0.2, -0.15) is 13.2 Å². The highest BCUT2D eigenvalue weighted by molar-refractivity contribution is 5.02. The topological polar surface area (TPSA) is 61.2 Å². The van der Waals surface area contributed by atoms with Crippen LogP contribution in [0.15, 0.2) is 5.11 Å². The fourth-order valence-corrected chi connectivity index (χ4v) is 1.49. The smallest absolute Gasteiger partial charge is 0.366 e. The quantitative estimate of drug-likeness (QED) is 0.413. The molecule has 1 fully saturated rings. The molecule has 0 radical (unpaired) electrons. The first-order valence-corrected chi connectivity index (χ1v) is 4.30. The molecule has 15 heavy (non-hydrogen) atoms. The number of hydrogen-bond donors (Lipinski definition) is 0. The highest BCUT2D eigenvalue weighted by Crippen LogP contribution is 2.40. The summed E-state index contributed by atoms with van der Waals surface area (Å²) in [5, 5.41) is 3.25. The van der Waals surface area contributed by atoms with Gasteiger partial charge in [0.2, 0.25) is 0 Å². The Hall–Kier alpha value is -0.980. The average Bonchev–Trinajstić information content (AvgIpc) is 2.07. The Balaban J connectivity index is 2.42. The van der Waals surface area contributed by atoms with E-state index in [0.29, 0.717) is 6.54 Å². The van der Waals surface area contributed by atoms with Crippen LogP contribution in [0.2, 0.25) is 0 Å². The van der Waals surface area contributed by atoms with Gasteiger partial charge in [0.05, 0.1) is 0 Å². The number of azide groups is 1. The average molecular weight is 224 g/mol. The van der Waals surface area contributed by atoms with Gasteiger partial charge in [-0.15, -0.1) is 0 Å². The minimum Gasteiger partial charge on any atom is -0.366 e. The summed E-state index contributed by atoms with van der Waals surface area (Å²) in [5.74, 6) is 0. The van der Waals surface area contributed by atoms with Gasteiger partial charge in [-0.1, -0.05) is 5.11 Å². The van der Waals surface area contributed by atoms with Crippen molar-refractivity contribution in [3.8, 4) is 0 Å². The van der Waals surface area contributed by atoms with Crippen molar-refractivity contribution in [1.82, 2.24) is 4.90 Å².